The molecule has 6 heteroatoms. The standard InChI is InChI=1S/C22H16FNO4/c23-18-5-8-20-17(10-18)11-21(28-20)22(25)27-13-15-3-6-19(7-4-15)26-14-16-2-1-9-24-12-16/h1-12H,13-14H2. The van der Waals surface area contributed by atoms with Crippen molar-refractivity contribution in [2.24, 2.45) is 0 Å². The summed E-state index contributed by atoms with van der Waals surface area (Å²) in [6.07, 6.45) is 3.46. The van der Waals surface area contributed by atoms with Crippen molar-refractivity contribution in [3.05, 3.63) is 95.8 Å². The predicted molar refractivity (Wildman–Crippen MR) is 100 cm³/mol. The summed E-state index contributed by atoms with van der Waals surface area (Å²) in [5.41, 5.74) is 2.22. The van der Waals surface area contributed by atoms with Crippen molar-refractivity contribution in [3.63, 3.8) is 0 Å². The molecule has 5 nitrogen and oxygen atoms in total. The molecular weight excluding hydrogens is 361 g/mol. The molecule has 0 N–H and O–H groups in total. The summed E-state index contributed by atoms with van der Waals surface area (Å²) in [6, 6.07) is 16.6. The summed E-state index contributed by atoms with van der Waals surface area (Å²) >= 11 is 0. The zero-order chi connectivity index (χ0) is 19.3. The van der Waals surface area contributed by atoms with Crippen molar-refractivity contribution in [1.82, 2.24) is 4.98 Å². The molecule has 0 amide bonds. The Kier molecular flexibility index (Phi) is 5.01. The van der Waals surface area contributed by atoms with Crippen LogP contribution in [0.3, 0.4) is 0 Å². The number of furan rings is 1. The summed E-state index contributed by atoms with van der Waals surface area (Å²) in [5.74, 6) is -0.247. The molecule has 0 aliphatic carbocycles. The van der Waals surface area contributed by atoms with Gasteiger partial charge in [-0.15, -0.1) is 0 Å². The van der Waals surface area contributed by atoms with Gasteiger partial charge in [0.05, 0.1) is 0 Å². The average Bonchev–Trinajstić information content (AvgIpc) is 3.15. The zero-order valence-electron chi connectivity index (χ0n) is 14.8. The maximum atomic E-state index is 13.2. The van der Waals surface area contributed by atoms with Gasteiger partial charge in [0.2, 0.25) is 5.76 Å². The van der Waals surface area contributed by atoms with Gasteiger partial charge >= 0.3 is 5.97 Å². The summed E-state index contributed by atoms with van der Waals surface area (Å²) in [6.45, 7) is 0.516. The fourth-order valence-electron chi connectivity index (χ4n) is 2.67. The van der Waals surface area contributed by atoms with E-state index in [4.69, 9.17) is 13.9 Å². The number of hydrogen-bond acceptors (Lipinski definition) is 5. The SMILES string of the molecule is O=C(OCc1ccc(OCc2cccnc2)cc1)c1cc2cc(F)ccc2o1. The number of pyridine rings is 1. The van der Waals surface area contributed by atoms with Crippen LogP contribution in [0.25, 0.3) is 11.0 Å². The molecule has 0 aliphatic heterocycles. The van der Waals surface area contributed by atoms with Gasteiger partial charge in [-0.1, -0.05) is 18.2 Å². The molecule has 2 heterocycles. The van der Waals surface area contributed by atoms with E-state index in [9.17, 15) is 9.18 Å². The van der Waals surface area contributed by atoms with Crippen LogP contribution in [-0.4, -0.2) is 11.0 Å². The quantitative estimate of drug-likeness (QED) is 0.447. The average molecular weight is 377 g/mol. The fraction of sp³-hybridized carbons (Fsp3) is 0.0909. The van der Waals surface area contributed by atoms with Crippen LogP contribution in [-0.2, 0) is 18.0 Å². The first-order chi connectivity index (χ1) is 13.7. The molecule has 0 spiro atoms. The maximum absolute atomic E-state index is 13.2. The minimum atomic E-state index is -0.603. The predicted octanol–water partition coefficient (Wildman–Crippen LogP) is 4.90. The number of ether oxygens (including phenoxy) is 2. The molecule has 0 atom stereocenters. The number of esters is 1. The van der Waals surface area contributed by atoms with E-state index in [0.717, 1.165) is 11.1 Å². The Morgan fingerprint density at radius 3 is 2.64 bits per heavy atom. The monoisotopic (exact) mass is 377 g/mol. The summed E-state index contributed by atoms with van der Waals surface area (Å²) in [4.78, 5) is 16.2. The molecule has 0 bridgehead atoms. The first-order valence-corrected chi connectivity index (χ1v) is 8.64. The van der Waals surface area contributed by atoms with Crippen LogP contribution in [0.1, 0.15) is 21.7 Å². The van der Waals surface area contributed by atoms with Gasteiger partial charge in [0.15, 0.2) is 0 Å². The number of aromatic nitrogens is 1. The smallest absolute Gasteiger partial charge is 0.374 e. The van der Waals surface area contributed by atoms with E-state index in [1.165, 1.54) is 24.3 Å². The van der Waals surface area contributed by atoms with Gasteiger partial charge in [0.25, 0.3) is 0 Å². The van der Waals surface area contributed by atoms with E-state index in [-0.39, 0.29) is 18.2 Å². The van der Waals surface area contributed by atoms with Crippen molar-refractivity contribution in [1.29, 1.82) is 0 Å². The minimum Gasteiger partial charge on any atom is -0.489 e. The van der Waals surface area contributed by atoms with Gasteiger partial charge in [0.1, 0.15) is 30.4 Å². The molecular formula is C22H16FNO4. The van der Waals surface area contributed by atoms with Crippen LogP contribution in [0.5, 0.6) is 5.75 Å². The van der Waals surface area contributed by atoms with Crippen LogP contribution in [0.15, 0.2) is 77.5 Å². The first-order valence-electron chi connectivity index (χ1n) is 8.64. The number of fused-ring (bicyclic) bond motifs is 1. The van der Waals surface area contributed by atoms with Crippen LogP contribution >= 0.6 is 0 Å². The lowest BCUT2D eigenvalue weighted by Crippen LogP contribution is -2.04. The molecule has 0 fully saturated rings. The highest BCUT2D eigenvalue weighted by atomic mass is 19.1. The van der Waals surface area contributed by atoms with E-state index >= 15 is 0 Å². The zero-order valence-corrected chi connectivity index (χ0v) is 14.8. The molecule has 2 aromatic heterocycles. The lowest BCUT2D eigenvalue weighted by Gasteiger charge is -2.07. The minimum absolute atomic E-state index is 0.0389. The Morgan fingerprint density at radius 2 is 1.86 bits per heavy atom. The maximum Gasteiger partial charge on any atom is 0.374 e. The number of hydrogen-bond donors (Lipinski definition) is 0. The highest BCUT2D eigenvalue weighted by molar-refractivity contribution is 5.92. The fourth-order valence-corrected chi connectivity index (χ4v) is 2.67. The number of rotatable bonds is 6. The molecule has 0 unspecified atom stereocenters. The molecule has 0 saturated carbocycles. The number of nitrogens with zero attached hydrogens (tertiary/aromatic N) is 1. The Morgan fingerprint density at radius 1 is 1.00 bits per heavy atom. The van der Waals surface area contributed by atoms with Gasteiger partial charge in [-0.05, 0) is 48.0 Å². The summed E-state index contributed by atoms with van der Waals surface area (Å²) < 4.78 is 29.6. The van der Waals surface area contributed by atoms with Crippen LogP contribution < -0.4 is 4.74 Å². The molecule has 4 aromatic rings. The van der Waals surface area contributed by atoms with Crippen LogP contribution in [0.4, 0.5) is 4.39 Å². The Labute approximate surface area is 160 Å². The Balaban J connectivity index is 1.33. The molecule has 28 heavy (non-hydrogen) atoms. The normalized spacial score (nSPS) is 10.8. The van der Waals surface area contributed by atoms with Crippen molar-refractivity contribution < 1.29 is 23.1 Å². The summed E-state index contributed by atoms with van der Waals surface area (Å²) in [7, 11) is 0. The molecule has 4 rings (SSSR count). The van der Waals surface area contributed by atoms with Gasteiger partial charge in [-0.25, -0.2) is 9.18 Å². The molecule has 2 aromatic carbocycles. The third-order valence-corrected chi connectivity index (χ3v) is 4.10. The molecule has 140 valence electrons. The van der Waals surface area contributed by atoms with Gasteiger partial charge < -0.3 is 13.9 Å². The lowest BCUT2D eigenvalue weighted by molar-refractivity contribution is 0.0438. The van der Waals surface area contributed by atoms with E-state index in [0.29, 0.717) is 23.3 Å². The second kappa shape index (κ2) is 7.92. The van der Waals surface area contributed by atoms with Crippen LogP contribution in [0.2, 0.25) is 0 Å². The van der Waals surface area contributed by atoms with E-state index in [2.05, 4.69) is 4.98 Å². The molecule has 0 saturated heterocycles. The van der Waals surface area contributed by atoms with Crippen molar-refractivity contribution in [2.75, 3.05) is 0 Å². The highest BCUT2D eigenvalue weighted by Gasteiger charge is 2.14. The Bertz CT molecular complexity index is 1090. The first kappa shape index (κ1) is 17.7. The third kappa shape index (κ3) is 4.17. The largest absolute Gasteiger partial charge is 0.489 e. The number of carbonyl (C=O) groups is 1. The lowest BCUT2D eigenvalue weighted by atomic mass is 10.2. The van der Waals surface area contributed by atoms with Gasteiger partial charge in [-0.3, -0.25) is 4.98 Å². The molecule has 0 radical (unpaired) electrons. The topological polar surface area (TPSA) is 61.6 Å². The van der Waals surface area contributed by atoms with Crippen molar-refractivity contribution in [2.45, 2.75) is 13.2 Å². The van der Waals surface area contributed by atoms with Crippen LogP contribution in [0, 0.1) is 5.82 Å². The van der Waals surface area contributed by atoms with E-state index < -0.39 is 5.97 Å². The van der Waals surface area contributed by atoms with Crippen molar-refractivity contribution >= 4 is 16.9 Å². The van der Waals surface area contributed by atoms with Gasteiger partial charge in [-0.2, -0.15) is 0 Å². The summed E-state index contributed by atoms with van der Waals surface area (Å²) in [5, 5.41) is 0.516. The van der Waals surface area contributed by atoms with Crippen molar-refractivity contribution in [3.8, 4) is 5.75 Å². The van der Waals surface area contributed by atoms with E-state index in [1.807, 2.05) is 36.4 Å². The number of benzene rings is 2. The molecule has 0 aliphatic rings. The van der Waals surface area contributed by atoms with E-state index in [1.54, 1.807) is 12.4 Å². The number of carbonyl (C=O) groups excluding carboxylic acids is 1. The Hall–Kier alpha value is -3.67. The number of halogens is 1. The highest BCUT2D eigenvalue weighted by Crippen LogP contribution is 2.21. The second-order valence-electron chi connectivity index (χ2n) is 6.16. The van der Waals surface area contributed by atoms with Gasteiger partial charge in [0, 0.05) is 23.3 Å². The second-order valence-corrected chi connectivity index (χ2v) is 6.16. The third-order valence-electron chi connectivity index (χ3n) is 4.10.